The molecule has 1 aliphatic rings. The van der Waals surface area contributed by atoms with Crippen molar-refractivity contribution in [3.8, 4) is 0 Å². The Morgan fingerprint density at radius 2 is 2.46 bits per heavy atom. The first-order chi connectivity index (χ1) is 6.27. The van der Waals surface area contributed by atoms with Crippen molar-refractivity contribution in [1.29, 1.82) is 0 Å². The zero-order valence-corrected chi connectivity index (χ0v) is 7.58. The van der Waals surface area contributed by atoms with E-state index in [2.05, 4.69) is 9.59 Å². The monoisotopic (exact) mass is 197 g/mol. The van der Waals surface area contributed by atoms with Gasteiger partial charge < -0.3 is 4.90 Å². The Morgan fingerprint density at radius 3 is 3.00 bits per heavy atom. The van der Waals surface area contributed by atoms with E-state index in [4.69, 9.17) is 0 Å². The molecule has 6 heteroatoms. The standard InChI is InChI=1S/C7H7N3O2S/c11-5-1-2-10(3-5)7(12)6-4-13-9-8-6/h4H,1-3H2. The summed E-state index contributed by atoms with van der Waals surface area (Å²) in [6.07, 6.45) is 0.462. The van der Waals surface area contributed by atoms with Crippen LogP contribution in [0.5, 0.6) is 0 Å². The number of rotatable bonds is 1. The Balaban J connectivity index is 2.10. The Labute approximate surface area is 78.5 Å². The van der Waals surface area contributed by atoms with Crippen LogP contribution in [-0.2, 0) is 4.79 Å². The lowest BCUT2D eigenvalue weighted by molar-refractivity contribution is -0.116. The van der Waals surface area contributed by atoms with Gasteiger partial charge >= 0.3 is 0 Å². The molecule has 0 N–H and O–H groups in total. The number of amides is 1. The van der Waals surface area contributed by atoms with Crippen molar-refractivity contribution < 1.29 is 9.59 Å². The van der Waals surface area contributed by atoms with Crippen LogP contribution in [0, 0.1) is 0 Å². The van der Waals surface area contributed by atoms with E-state index in [1.807, 2.05) is 0 Å². The van der Waals surface area contributed by atoms with Crippen molar-refractivity contribution in [1.82, 2.24) is 14.5 Å². The average Bonchev–Trinajstić information content (AvgIpc) is 2.72. The molecule has 1 aliphatic heterocycles. The first-order valence-electron chi connectivity index (χ1n) is 3.85. The van der Waals surface area contributed by atoms with Gasteiger partial charge in [0.05, 0.1) is 6.54 Å². The molecule has 13 heavy (non-hydrogen) atoms. The summed E-state index contributed by atoms with van der Waals surface area (Å²) in [6, 6.07) is 0. The van der Waals surface area contributed by atoms with Crippen LogP contribution in [0.25, 0.3) is 0 Å². The minimum absolute atomic E-state index is 0.108. The maximum atomic E-state index is 11.5. The third-order valence-corrected chi connectivity index (χ3v) is 2.40. The molecule has 1 saturated heterocycles. The molecule has 2 heterocycles. The van der Waals surface area contributed by atoms with Crippen LogP contribution in [0.4, 0.5) is 0 Å². The van der Waals surface area contributed by atoms with E-state index in [-0.39, 0.29) is 18.2 Å². The third-order valence-electron chi connectivity index (χ3n) is 1.89. The molecule has 1 aromatic heterocycles. The molecule has 0 aromatic carbocycles. The Kier molecular flexibility index (Phi) is 2.05. The average molecular weight is 197 g/mol. The molecule has 1 fully saturated rings. The van der Waals surface area contributed by atoms with Crippen LogP contribution in [0.2, 0.25) is 0 Å². The summed E-state index contributed by atoms with van der Waals surface area (Å²) in [5, 5.41) is 5.24. The van der Waals surface area contributed by atoms with E-state index in [1.54, 1.807) is 5.38 Å². The maximum Gasteiger partial charge on any atom is 0.275 e. The number of hydrogen-bond acceptors (Lipinski definition) is 5. The molecule has 5 nitrogen and oxygen atoms in total. The van der Waals surface area contributed by atoms with Crippen LogP contribution in [0.3, 0.4) is 0 Å². The highest BCUT2D eigenvalue weighted by atomic mass is 32.1. The minimum Gasteiger partial charge on any atom is -0.329 e. The fourth-order valence-corrected chi connectivity index (χ4v) is 1.65. The highest BCUT2D eigenvalue weighted by Gasteiger charge is 2.25. The molecule has 0 radical (unpaired) electrons. The zero-order valence-electron chi connectivity index (χ0n) is 6.77. The zero-order chi connectivity index (χ0) is 9.26. The lowest BCUT2D eigenvalue weighted by Crippen LogP contribution is -2.28. The van der Waals surface area contributed by atoms with Crippen molar-refractivity contribution in [3.63, 3.8) is 0 Å². The molecule has 1 aromatic rings. The largest absolute Gasteiger partial charge is 0.329 e. The van der Waals surface area contributed by atoms with E-state index < -0.39 is 0 Å². The number of Topliss-reactive ketones (excluding diaryl/α,β-unsaturated/α-hetero) is 1. The number of carbonyl (C=O) groups is 2. The highest BCUT2D eigenvalue weighted by Crippen LogP contribution is 2.09. The van der Waals surface area contributed by atoms with Crippen molar-refractivity contribution >= 4 is 23.2 Å². The van der Waals surface area contributed by atoms with E-state index in [0.717, 1.165) is 11.5 Å². The number of nitrogens with zero attached hydrogens (tertiary/aromatic N) is 3. The summed E-state index contributed by atoms with van der Waals surface area (Å²) in [4.78, 5) is 23.9. The topological polar surface area (TPSA) is 63.2 Å². The van der Waals surface area contributed by atoms with Crippen molar-refractivity contribution in [2.45, 2.75) is 6.42 Å². The normalized spacial score (nSPS) is 16.6. The summed E-state index contributed by atoms with van der Waals surface area (Å²) in [6.45, 7) is 0.728. The summed E-state index contributed by atoms with van der Waals surface area (Å²) >= 11 is 1.13. The van der Waals surface area contributed by atoms with E-state index in [0.29, 0.717) is 18.7 Å². The smallest absolute Gasteiger partial charge is 0.275 e. The summed E-state index contributed by atoms with van der Waals surface area (Å²) in [5.41, 5.74) is 0.333. The quantitative estimate of drug-likeness (QED) is 0.633. The predicted octanol–water partition coefficient (Wildman–Crippen LogP) is -0.0469. The second-order valence-electron chi connectivity index (χ2n) is 2.81. The SMILES string of the molecule is O=C1CCN(C(=O)c2csnn2)C1. The lowest BCUT2D eigenvalue weighted by Gasteiger charge is -2.11. The number of aromatic nitrogens is 2. The van der Waals surface area contributed by atoms with E-state index in [9.17, 15) is 9.59 Å². The Hall–Kier alpha value is -1.30. The molecule has 0 unspecified atom stereocenters. The molecule has 0 saturated carbocycles. The van der Waals surface area contributed by atoms with Crippen molar-refractivity contribution in [2.24, 2.45) is 0 Å². The highest BCUT2D eigenvalue weighted by molar-refractivity contribution is 7.03. The van der Waals surface area contributed by atoms with Crippen LogP contribution in [-0.4, -0.2) is 39.3 Å². The van der Waals surface area contributed by atoms with Gasteiger partial charge in [0.1, 0.15) is 0 Å². The second-order valence-corrected chi connectivity index (χ2v) is 3.42. The molecular formula is C7H7N3O2S. The Bertz CT molecular complexity index is 336. The molecule has 0 bridgehead atoms. The van der Waals surface area contributed by atoms with E-state index in [1.165, 1.54) is 4.90 Å². The fourth-order valence-electron chi connectivity index (χ4n) is 1.22. The Morgan fingerprint density at radius 1 is 1.62 bits per heavy atom. The fraction of sp³-hybridized carbons (Fsp3) is 0.429. The van der Waals surface area contributed by atoms with Gasteiger partial charge in [0.25, 0.3) is 5.91 Å². The van der Waals surface area contributed by atoms with Gasteiger partial charge in [-0.1, -0.05) is 4.49 Å². The first kappa shape index (κ1) is 8.31. The van der Waals surface area contributed by atoms with E-state index >= 15 is 0 Å². The molecule has 68 valence electrons. The van der Waals surface area contributed by atoms with Crippen LogP contribution in [0.1, 0.15) is 16.9 Å². The number of ketones is 1. The van der Waals surface area contributed by atoms with Gasteiger partial charge in [0.15, 0.2) is 11.5 Å². The molecule has 0 aliphatic carbocycles. The minimum atomic E-state index is -0.195. The predicted molar refractivity (Wildman–Crippen MR) is 45.4 cm³/mol. The van der Waals surface area contributed by atoms with Gasteiger partial charge in [-0.2, -0.15) is 0 Å². The van der Waals surface area contributed by atoms with Crippen LogP contribution in [0.15, 0.2) is 5.38 Å². The molecule has 1 amide bonds. The van der Waals surface area contributed by atoms with Crippen LogP contribution >= 0.6 is 11.5 Å². The van der Waals surface area contributed by atoms with Gasteiger partial charge in [0, 0.05) is 18.3 Å². The van der Waals surface area contributed by atoms with Gasteiger partial charge in [-0.3, -0.25) is 9.59 Å². The summed E-state index contributed by atoms with van der Waals surface area (Å²) < 4.78 is 3.59. The maximum absolute atomic E-state index is 11.5. The number of carbonyl (C=O) groups excluding carboxylic acids is 2. The van der Waals surface area contributed by atoms with Crippen LogP contribution < -0.4 is 0 Å². The van der Waals surface area contributed by atoms with Crippen molar-refractivity contribution in [3.05, 3.63) is 11.1 Å². The number of likely N-dealkylation sites (tertiary alicyclic amines) is 1. The van der Waals surface area contributed by atoms with Gasteiger partial charge in [0.2, 0.25) is 0 Å². The summed E-state index contributed by atoms with van der Waals surface area (Å²) in [5.74, 6) is -0.0869. The van der Waals surface area contributed by atoms with Gasteiger partial charge in [-0.25, -0.2) is 0 Å². The molecular weight excluding hydrogens is 190 g/mol. The molecule has 0 spiro atoms. The van der Waals surface area contributed by atoms with Gasteiger partial charge in [-0.05, 0) is 11.5 Å². The first-order valence-corrected chi connectivity index (χ1v) is 4.69. The molecule has 2 rings (SSSR count). The third kappa shape index (κ3) is 1.57. The summed E-state index contributed by atoms with van der Waals surface area (Å²) in [7, 11) is 0. The van der Waals surface area contributed by atoms with Gasteiger partial charge in [-0.15, -0.1) is 5.10 Å². The lowest BCUT2D eigenvalue weighted by atomic mass is 10.4. The second kappa shape index (κ2) is 3.21. The number of hydrogen-bond donors (Lipinski definition) is 0. The van der Waals surface area contributed by atoms with Crippen molar-refractivity contribution in [2.75, 3.05) is 13.1 Å². The molecule has 0 atom stereocenters.